The van der Waals surface area contributed by atoms with Gasteiger partial charge in [-0.1, -0.05) is 0 Å². The number of hydrogen-bond acceptors (Lipinski definition) is 3. The molecule has 1 aromatic rings. The molecule has 0 spiro atoms. The molecule has 17 heavy (non-hydrogen) atoms. The van der Waals surface area contributed by atoms with E-state index in [1.165, 1.54) is 19.2 Å². The summed E-state index contributed by atoms with van der Waals surface area (Å²) in [4.78, 5) is 11.8. The molecule has 1 rings (SSSR count). The number of aliphatic hydroxyl groups is 1. The molecule has 2 N–H and O–H groups in total. The van der Waals surface area contributed by atoms with Crippen LogP contribution in [-0.4, -0.2) is 30.8 Å². The molecule has 0 saturated heterocycles. The van der Waals surface area contributed by atoms with Gasteiger partial charge < -0.3 is 15.2 Å². The lowest BCUT2D eigenvalue weighted by Crippen LogP contribution is -2.33. The highest BCUT2D eigenvalue weighted by atomic mass is 19.1. The van der Waals surface area contributed by atoms with Crippen molar-refractivity contribution in [1.82, 2.24) is 5.32 Å². The number of methoxy groups -OCH3 is 1. The lowest BCUT2D eigenvalue weighted by molar-refractivity contribution is 0.0931. The fraction of sp³-hybridized carbons (Fsp3) is 0.417. The van der Waals surface area contributed by atoms with E-state index in [0.29, 0.717) is 12.2 Å². The van der Waals surface area contributed by atoms with E-state index in [1.807, 2.05) is 0 Å². The van der Waals surface area contributed by atoms with Crippen LogP contribution >= 0.6 is 0 Å². The first kappa shape index (κ1) is 13.4. The van der Waals surface area contributed by atoms with Crippen molar-refractivity contribution in [3.05, 3.63) is 29.6 Å². The highest BCUT2D eigenvalue weighted by Gasteiger charge is 2.15. The topological polar surface area (TPSA) is 58.6 Å². The normalized spacial score (nSPS) is 12.0. The van der Waals surface area contributed by atoms with Crippen molar-refractivity contribution in [3.8, 4) is 5.75 Å². The second-order valence-corrected chi connectivity index (χ2v) is 3.73. The zero-order valence-electron chi connectivity index (χ0n) is 9.87. The third-order valence-corrected chi connectivity index (χ3v) is 2.35. The summed E-state index contributed by atoms with van der Waals surface area (Å²) in [6.45, 7) is 1.75. The van der Waals surface area contributed by atoms with Gasteiger partial charge in [-0.3, -0.25) is 4.79 Å². The minimum absolute atomic E-state index is 0.0122. The Hall–Kier alpha value is -1.62. The molecule has 0 radical (unpaired) electrons. The predicted octanol–water partition coefficient (Wildman–Crippen LogP) is 1.33. The van der Waals surface area contributed by atoms with Crippen LogP contribution in [-0.2, 0) is 0 Å². The van der Waals surface area contributed by atoms with E-state index in [-0.39, 0.29) is 18.2 Å². The van der Waals surface area contributed by atoms with Crippen molar-refractivity contribution < 1.29 is 19.0 Å². The Morgan fingerprint density at radius 2 is 2.29 bits per heavy atom. The van der Waals surface area contributed by atoms with Crippen molar-refractivity contribution in [2.24, 2.45) is 0 Å². The van der Waals surface area contributed by atoms with Gasteiger partial charge in [-0.2, -0.15) is 0 Å². The summed E-state index contributed by atoms with van der Waals surface area (Å²) in [7, 11) is 1.42. The van der Waals surface area contributed by atoms with Gasteiger partial charge in [-0.15, -0.1) is 0 Å². The molecule has 0 fully saturated rings. The second-order valence-electron chi connectivity index (χ2n) is 3.73. The van der Waals surface area contributed by atoms with Crippen LogP contribution in [0.15, 0.2) is 18.2 Å². The predicted molar refractivity (Wildman–Crippen MR) is 61.6 cm³/mol. The zero-order chi connectivity index (χ0) is 12.8. The van der Waals surface area contributed by atoms with Gasteiger partial charge in [0.15, 0.2) is 0 Å². The van der Waals surface area contributed by atoms with Crippen molar-refractivity contribution in [2.45, 2.75) is 19.4 Å². The molecule has 0 heterocycles. The van der Waals surface area contributed by atoms with Gasteiger partial charge >= 0.3 is 0 Å². The Labute approximate surface area is 99.4 Å². The third kappa shape index (κ3) is 3.71. The number of carbonyl (C=O) groups is 1. The molecule has 0 bridgehead atoms. The molecule has 0 aliphatic rings. The van der Waals surface area contributed by atoms with Crippen LogP contribution in [0, 0.1) is 5.82 Å². The SMILES string of the molecule is COc1ccc(F)cc1C(=O)NC(C)CCO. The van der Waals surface area contributed by atoms with Gasteiger partial charge in [0, 0.05) is 12.6 Å². The first-order chi connectivity index (χ1) is 8.08. The molecule has 0 aliphatic heterocycles. The molecule has 1 unspecified atom stereocenters. The van der Waals surface area contributed by atoms with E-state index in [4.69, 9.17) is 9.84 Å². The molecule has 5 heteroatoms. The standard InChI is InChI=1S/C12H16FNO3/c1-8(5-6-15)14-12(16)10-7-9(13)3-4-11(10)17-2/h3-4,7-8,15H,5-6H2,1-2H3,(H,14,16). The number of halogens is 1. The van der Waals surface area contributed by atoms with Gasteiger partial charge in [0.2, 0.25) is 0 Å². The van der Waals surface area contributed by atoms with Crippen LogP contribution in [0.4, 0.5) is 4.39 Å². The molecule has 0 aliphatic carbocycles. The maximum Gasteiger partial charge on any atom is 0.255 e. The molecule has 4 nitrogen and oxygen atoms in total. The maximum atomic E-state index is 13.1. The van der Waals surface area contributed by atoms with Crippen LogP contribution in [0.25, 0.3) is 0 Å². The summed E-state index contributed by atoms with van der Waals surface area (Å²) in [5.74, 6) is -0.590. The first-order valence-corrected chi connectivity index (χ1v) is 5.33. The van der Waals surface area contributed by atoms with E-state index in [2.05, 4.69) is 5.32 Å². The smallest absolute Gasteiger partial charge is 0.255 e. The molecule has 1 amide bonds. The van der Waals surface area contributed by atoms with Gasteiger partial charge in [0.25, 0.3) is 5.91 Å². The largest absolute Gasteiger partial charge is 0.496 e. The van der Waals surface area contributed by atoms with Gasteiger partial charge in [0.05, 0.1) is 12.7 Å². The highest BCUT2D eigenvalue weighted by Crippen LogP contribution is 2.19. The van der Waals surface area contributed by atoms with Crippen molar-refractivity contribution in [2.75, 3.05) is 13.7 Å². The van der Waals surface area contributed by atoms with Crippen LogP contribution in [0.2, 0.25) is 0 Å². The number of carbonyl (C=O) groups excluding carboxylic acids is 1. The maximum absolute atomic E-state index is 13.1. The minimum Gasteiger partial charge on any atom is -0.496 e. The number of ether oxygens (including phenoxy) is 1. The fourth-order valence-electron chi connectivity index (χ4n) is 1.43. The summed E-state index contributed by atoms with van der Waals surface area (Å²) in [6.07, 6.45) is 0.448. The molecule has 0 saturated carbocycles. The average molecular weight is 241 g/mol. The molecule has 94 valence electrons. The van der Waals surface area contributed by atoms with Gasteiger partial charge in [0.1, 0.15) is 11.6 Å². The van der Waals surface area contributed by atoms with Crippen LogP contribution in [0.5, 0.6) is 5.75 Å². The summed E-state index contributed by atoms with van der Waals surface area (Å²) in [5.41, 5.74) is 0.150. The average Bonchev–Trinajstić information content (AvgIpc) is 2.29. The number of rotatable bonds is 5. The monoisotopic (exact) mass is 241 g/mol. The molecule has 1 atom stereocenters. The fourth-order valence-corrected chi connectivity index (χ4v) is 1.43. The second kappa shape index (κ2) is 6.20. The Balaban J connectivity index is 2.83. The van der Waals surface area contributed by atoms with E-state index in [9.17, 15) is 9.18 Å². The number of amides is 1. The minimum atomic E-state index is -0.495. The molecular formula is C12H16FNO3. The molecule has 1 aromatic carbocycles. The van der Waals surface area contributed by atoms with E-state index >= 15 is 0 Å². The number of hydrogen-bond donors (Lipinski definition) is 2. The van der Waals surface area contributed by atoms with E-state index in [1.54, 1.807) is 6.92 Å². The van der Waals surface area contributed by atoms with Crippen molar-refractivity contribution in [1.29, 1.82) is 0 Å². The molecular weight excluding hydrogens is 225 g/mol. The summed E-state index contributed by atoms with van der Waals surface area (Å²) in [6, 6.07) is 3.58. The third-order valence-electron chi connectivity index (χ3n) is 2.35. The van der Waals surface area contributed by atoms with Crippen LogP contribution < -0.4 is 10.1 Å². The quantitative estimate of drug-likeness (QED) is 0.817. The highest BCUT2D eigenvalue weighted by molar-refractivity contribution is 5.97. The summed E-state index contributed by atoms with van der Waals surface area (Å²) >= 11 is 0. The summed E-state index contributed by atoms with van der Waals surface area (Å²) in [5, 5.41) is 11.4. The van der Waals surface area contributed by atoms with E-state index in [0.717, 1.165) is 6.07 Å². The Morgan fingerprint density at radius 3 is 2.88 bits per heavy atom. The van der Waals surface area contributed by atoms with Crippen molar-refractivity contribution >= 4 is 5.91 Å². The lowest BCUT2D eigenvalue weighted by atomic mass is 10.1. The zero-order valence-corrected chi connectivity index (χ0v) is 9.87. The number of benzene rings is 1. The molecule has 0 aromatic heterocycles. The Kier molecular flexibility index (Phi) is 4.90. The number of nitrogens with one attached hydrogen (secondary N) is 1. The Bertz CT molecular complexity index is 395. The first-order valence-electron chi connectivity index (χ1n) is 5.33. The van der Waals surface area contributed by atoms with E-state index < -0.39 is 11.7 Å². The van der Waals surface area contributed by atoms with Crippen molar-refractivity contribution in [3.63, 3.8) is 0 Å². The van der Waals surface area contributed by atoms with Crippen LogP contribution in [0.3, 0.4) is 0 Å². The van der Waals surface area contributed by atoms with Gasteiger partial charge in [-0.25, -0.2) is 4.39 Å². The van der Waals surface area contributed by atoms with Gasteiger partial charge in [-0.05, 0) is 31.5 Å². The Morgan fingerprint density at radius 1 is 1.59 bits per heavy atom. The lowest BCUT2D eigenvalue weighted by Gasteiger charge is -2.14. The summed E-state index contributed by atoms with van der Waals surface area (Å²) < 4.78 is 18.0. The number of aliphatic hydroxyl groups excluding tert-OH is 1. The van der Waals surface area contributed by atoms with Crippen LogP contribution in [0.1, 0.15) is 23.7 Å².